The second kappa shape index (κ2) is 8.05. The molecule has 4 aromatic rings. The smallest absolute Gasteiger partial charge is 0.185 e. The van der Waals surface area contributed by atoms with Crippen molar-refractivity contribution in [3.63, 3.8) is 0 Å². The van der Waals surface area contributed by atoms with E-state index in [1.165, 1.54) is 0 Å². The Labute approximate surface area is 179 Å². The first kappa shape index (κ1) is 19.0. The zero-order valence-corrected chi connectivity index (χ0v) is 16.8. The molecular weight excluding hydrogens is 390 g/mol. The number of aliphatic hydroxyl groups is 1. The van der Waals surface area contributed by atoms with Gasteiger partial charge in [0.15, 0.2) is 17.3 Å². The first-order chi connectivity index (χ1) is 15.2. The number of hydrogen-bond donors (Lipinski definition) is 2. The molecular formula is C23H21N7O. The van der Waals surface area contributed by atoms with Crippen LogP contribution in [0.15, 0.2) is 60.7 Å². The maximum atomic E-state index is 9.74. The molecule has 1 aliphatic rings. The molecule has 1 saturated heterocycles. The Morgan fingerprint density at radius 1 is 1.00 bits per heavy atom. The summed E-state index contributed by atoms with van der Waals surface area (Å²) in [6.45, 7) is 1.49. The normalized spacial score (nSPS) is 14.5. The molecule has 0 bridgehead atoms. The topological polar surface area (TPSA) is 102 Å². The molecule has 3 heterocycles. The maximum Gasteiger partial charge on any atom is 0.185 e. The predicted molar refractivity (Wildman–Crippen MR) is 118 cm³/mol. The minimum atomic E-state index is -0.248. The quantitative estimate of drug-likeness (QED) is 0.531. The van der Waals surface area contributed by atoms with Gasteiger partial charge in [-0.2, -0.15) is 9.78 Å². The van der Waals surface area contributed by atoms with Crippen LogP contribution in [0.4, 0.5) is 17.2 Å². The molecule has 154 valence electrons. The van der Waals surface area contributed by atoms with Crippen molar-refractivity contribution in [3.05, 3.63) is 66.2 Å². The number of piperidine rings is 1. The lowest BCUT2D eigenvalue weighted by atomic mass is 10.0. The van der Waals surface area contributed by atoms with Crippen LogP contribution in [0, 0.1) is 11.3 Å². The lowest BCUT2D eigenvalue weighted by Crippen LogP contribution is -2.36. The van der Waals surface area contributed by atoms with Gasteiger partial charge >= 0.3 is 0 Å². The van der Waals surface area contributed by atoms with Gasteiger partial charge in [-0.3, -0.25) is 0 Å². The SMILES string of the molecule is N#Cc1cc(Nc2ccc3nnc(-c4ccccc4)n3n2)ccc1N1CCC(O)CC1. The van der Waals surface area contributed by atoms with Crippen LogP contribution < -0.4 is 10.2 Å². The van der Waals surface area contributed by atoms with Gasteiger partial charge in [-0.1, -0.05) is 30.3 Å². The summed E-state index contributed by atoms with van der Waals surface area (Å²) in [4.78, 5) is 2.16. The fraction of sp³-hybridized carbons (Fsp3) is 0.217. The Morgan fingerprint density at radius 3 is 2.58 bits per heavy atom. The van der Waals surface area contributed by atoms with Crippen molar-refractivity contribution < 1.29 is 5.11 Å². The molecule has 8 heteroatoms. The average molecular weight is 411 g/mol. The lowest BCUT2D eigenvalue weighted by Gasteiger charge is -2.32. The van der Waals surface area contributed by atoms with E-state index in [-0.39, 0.29) is 6.10 Å². The number of aromatic nitrogens is 4. The van der Waals surface area contributed by atoms with E-state index in [4.69, 9.17) is 0 Å². The molecule has 0 amide bonds. The van der Waals surface area contributed by atoms with Crippen molar-refractivity contribution in [1.82, 2.24) is 19.8 Å². The number of benzene rings is 2. The van der Waals surface area contributed by atoms with Crippen molar-refractivity contribution in [2.45, 2.75) is 18.9 Å². The minimum Gasteiger partial charge on any atom is -0.393 e. The Hall–Kier alpha value is -3.96. The van der Waals surface area contributed by atoms with Crippen LogP contribution in [0.25, 0.3) is 17.0 Å². The highest BCUT2D eigenvalue weighted by molar-refractivity contribution is 5.69. The number of aliphatic hydroxyl groups excluding tert-OH is 1. The number of anilines is 3. The third-order valence-corrected chi connectivity index (χ3v) is 5.49. The van der Waals surface area contributed by atoms with E-state index in [2.05, 4.69) is 31.6 Å². The summed E-state index contributed by atoms with van der Waals surface area (Å²) in [6, 6.07) is 21.5. The van der Waals surface area contributed by atoms with Crippen LogP contribution in [0.2, 0.25) is 0 Å². The van der Waals surface area contributed by atoms with Gasteiger partial charge in [0.2, 0.25) is 0 Å². The zero-order valence-electron chi connectivity index (χ0n) is 16.8. The molecule has 0 aliphatic carbocycles. The van der Waals surface area contributed by atoms with Gasteiger partial charge in [-0.05, 0) is 43.2 Å². The second-order valence-corrected chi connectivity index (χ2v) is 7.57. The highest BCUT2D eigenvalue weighted by Gasteiger charge is 2.19. The molecule has 2 aromatic heterocycles. The summed E-state index contributed by atoms with van der Waals surface area (Å²) in [5.41, 5.74) is 3.86. The minimum absolute atomic E-state index is 0.248. The van der Waals surface area contributed by atoms with E-state index in [0.717, 1.165) is 42.9 Å². The Morgan fingerprint density at radius 2 is 1.81 bits per heavy atom. The molecule has 0 radical (unpaired) electrons. The number of fused-ring (bicyclic) bond motifs is 1. The summed E-state index contributed by atoms with van der Waals surface area (Å²) in [6.07, 6.45) is 1.19. The van der Waals surface area contributed by atoms with Crippen molar-refractivity contribution >= 4 is 22.8 Å². The van der Waals surface area contributed by atoms with Gasteiger partial charge in [-0.15, -0.1) is 15.3 Å². The highest BCUT2D eigenvalue weighted by atomic mass is 16.3. The maximum absolute atomic E-state index is 9.74. The van der Waals surface area contributed by atoms with E-state index in [1.54, 1.807) is 4.52 Å². The Kier molecular flexibility index (Phi) is 4.94. The molecule has 1 fully saturated rings. The van der Waals surface area contributed by atoms with Gasteiger partial charge in [-0.25, -0.2) is 0 Å². The van der Waals surface area contributed by atoms with Gasteiger partial charge < -0.3 is 15.3 Å². The van der Waals surface area contributed by atoms with Gasteiger partial charge in [0.25, 0.3) is 0 Å². The standard InChI is InChI=1S/C23H21N7O/c24-15-17-14-18(6-7-20(17)29-12-10-19(31)11-13-29)25-21-8-9-22-26-27-23(30(22)28-21)16-4-2-1-3-5-16/h1-9,14,19,31H,10-13H2,(H,25,28). The van der Waals surface area contributed by atoms with E-state index < -0.39 is 0 Å². The molecule has 0 unspecified atom stereocenters. The average Bonchev–Trinajstić information content (AvgIpc) is 3.23. The Balaban J connectivity index is 1.42. The molecule has 2 aromatic carbocycles. The summed E-state index contributed by atoms with van der Waals surface area (Å²) >= 11 is 0. The van der Waals surface area contributed by atoms with Crippen molar-refractivity contribution in [2.24, 2.45) is 0 Å². The molecule has 2 N–H and O–H groups in total. The fourth-order valence-electron chi connectivity index (χ4n) is 3.86. The molecule has 31 heavy (non-hydrogen) atoms. The fourth-order valence-corrected chi connectivity index (χ4v) is 3.86. The van der Waals surface area contributed by atoms with Crippen molar-refractivity contribution in [2.75, 3.05) is 23.3 Å². The second-order valence-electron chi connectivity index (χ2n) is 7.57. The third kappa shape index (κ3) is 3.79. The molecule has 0 atom stereocenters. The molecule has 5 rings (SSSR count). The van der Waals surface area contributed by atoms with Crippen LogP contribution in [0.1, 0.15) is 18.4 Å². The van der Waals surface area contributed by atoms with Crippen molar-refractivity contribution in [1.29, 1.82) is 5.26 Å². The van der Waals surface area contributed by atoms with Gasteiger partial charge in [0, 0.05) is 24.3 Å². The molecule has 1 aliphatic heterocycles. The zero-order chi connectivity index (χ0) is 21.2. The number of rotatable bonds is 4. The predicted octanol–water partition coefficient (Wildman–Crippen LogP) is 3.37. The summed E-state index contributed by atoms with van der Waals surface area (Å²) < 4.78 is 1.70. The number of nitrogens with zero attached hydrogens (tertiary/aromatic N) is 6. The number of nitriles is 1. The van der Waals surface area contributed by atoms with Gasteiger partial charge in [0.1, 0.15) is 6.07 Å². The van der Waals surface area contributed by atoms with Crippen LogP contribution in [-0.4, -0.2) is 44.1 Å². The van der Waals surface area contributed by atoms with Crippen LogP contribution in [0.3, 0.4) is 0 Å². The summed E-state index contributed by atoms with van der Waals surface area (Å²) in [5, 5.41) is 35.8. The molecule has 8 nitrogen and oxygen atoms in total. The lowest BCUT2D eigenvalue weighted by molar-refractivity contribution is 0.145. The van der Waals surface area contributed by atoms with E-state index in [0.29, 0.717) is 22.9 Å². The first-order valence-corrected chi connectivity index (χ1v) is 10.2. The monoisotopic (exact) mass is 411 g/mol. The number of hydrogen-bond acceptors (Lipinski definition) is 7. The summed E-state index contributed by atoms with van der Waals surface area (Å²) in [5.74, 6) is 1.29. The van der Waals surface area contributed by atoms with Crippen LogP contribution in [-0.2, 0) is 0 Å². The largest absolute Gasteiger partial charge is 0.393 e. The van der Waals surface area contributed by atoms with E-state index in [1.807, 2.05) is 60.7 Å². The third-order valence-electron chi connectivity index (χ3n) is 5.49. The van der Waals surface area contributed by atoms with Crippen molar-refractivity contribution in [3.8, 4) is 17.5 Å². The van der Waals surface area contributed by atoms with E-state index >= 15 is 0 Å². The first-order valence-electron chi connectivity index (χ1n) is 10.2. The number of nitrogens with one attached hydrogen (secondary N) is 1. The summed E-state index contributed by atoms with van der Waals surface area (Å²) in [7, 11) is 0. The van der Waals surface area contributed by atoms with Crippen LogP contribution >= 0.6 is 0 Å². The van der Waals surface area contributed by atoms with E-state index in [9.17, 15) is 10.4 Å². The highest BCUT2D eigenvalue weighted by Crippen LogP contribution is 2.28. The van der Waals surface area contributed by atoms with Gasteiger partial charge in [0.05, 0.1) is 17.4 Å². The van der Waals surface area contributed by atoms with Crippen LogP contribution in [0.5, 0.6) is 0 Å². The molecule has 0 saturated carbocycles. The molecule has 0 spiro atoms. The Bertz CT molecular complexity index is 1250.